The normalized spacial score (nSPS) is 10.4. The Balaban J connectivity index is 1.69. The summed E-state index contributed by atoms with van der Waals surface area (Å²) in [6.07, 6.45) is 0. The van der Waals surface area contributed by atoms with Gasteiger partial charge in [-0.05, 0) is 17.7 Å². The lowest BCUT2D eigenvalue weighted by molar-refractivity contribution is 0.280. The Hall–Kier alpha value is -3.18. The van der Waals surface area contributed by atoms with Crippen LogP contribution in [-0.2, 0) is 19.7 Å². The summed E-state index contributed by atoms with van der Waals surface area (Å²) in [5.41, 5.74) is 3.20. The zero-order valence-corrected chi connectivity index (χ0v) is 17.1. The van der Waals surface area contributed by atoms with Crippen LogP contribution in [0.2, 0.25) is 0 Å². The predicted molar refractivity (Wildman–Crippen MR) is 114 cm³/mol. The first kappa shape index (κ1) is 20.6. The summed E-state index contributed by atoms with van der Waals surface area (Å²) in [4.78, 5) is 0. The van der Waals surface area contributed by atoms with Crippen molar-refractivity contribution in [2.75, 3.05) is 21.3 Å². The molecule has 5 nitrogen and oxygen atoms in total. The Kier molecular flexibility index (Phi) is 7.36. The lowest BCUT2D eigenvalue weighted by Gasteiger charge is -2.16. The molecule has 0 saturated heterocycles. The van der Waals surface area contributed by atoms with Gasteiger partial charge >= 0.3 is 0 Å². The van der Waals surface area contributed by atoms with Crippen molar-refractivity contribution in [1.82, 2.24) is 5.32 Å². The molecule has 0 aliphatic carbocycles. The van der Waals surface area contributed by atoms with Crippen molar-refractivity contribution in [3.05, 3.63) is 83.4 Å². The molecular formula is C24H27NO4. The Bertz CT molecular complexity index is 912. The summed E-state index contributed by atoms with van der Waals surface area (Å²) in [7, 11) is 4.96. The molecule has 0 unspecified atom stereocenters. The van der Waals surface area contributed by atoms with Crippen molar-refractivity contribution < 1.29 is 18.9 Å². The van der Waals surface area contributed by atoms with Crippen molar-refractivity contribution in [3.63, 3.8) is 0 Å². The molecule has 0 aliphatic rings. The fourth-order valence-corrected chi connectivity index (χ4v) is 3.08. The first-order valence-electron chi connectivity index (χ1n) is 9.49. The average Bonchev–Trinajstić information content (AvgIpc) is 2.78. The van der Waals surface area contributed by atoms with Crippen molar-refractivity contribution in [3.8, 4) is 23.0 Å². The largest absolute Gasteiger partial charge is 0.497 e. The molecule has 0 radical (unpaired) electrons. The predicted octanol–water partition coefficient (Wildman–Crippen LogP) is 4.58. The van der Waals surface area contributed by atoms with Gasteiger partial charge in [0, 0.05) is 30.3 Å². The molecule has 3 aromatic carbocycles. The van der Waals surface area contributed by atoms with E-state index in [4.69, 9.17) is 18.9 Å². The van der Waals surface area contributed by atoms with E-state index in [2.05, 4.69) is 5.32 Å². The van der Waals surface area contributed by atoms with Gasteiger partial charge in [-0.15, -0.1) is 0 Å². The number of hydrogen-bond acceptors (Lipinski definition) is 5. The van der Waals surface area contributed by atoms with Crippen LogP contribution in [0.3, 0.4) is 0 Å². The van der Waals surface area contributed by atoms with Crippen LogP contribution >= 0.6 is 0 Å². The zero-order chi connectivity index (χ0) is 20.5. The van der Waals surface area contributed by atoms with Gasteiger partial charge in [0.2, 0.25) is 0 Å². The van der Waals surface area contributed by atoms with E-state index < -0.39 is 0 Å². The first-order valence-corrected chi connectivity index (χ1v) is 9.49. The summed E-state index contributed by atoms with van der Waals surface area (Å²) >= 11 is 0. The van der Waals surface area contributed by atoms with Crippen molar-refractivity contribution in [2.24, 2.45) is 0 Å². The van der Waals surface area contributed by atoms with Gasteiger partial charge in [-0.2, -0.15) is 0 Å². The second-order valence-electron chi connectivity index (χ2n) is 6.50. The van der Waals surface area contributed by atoms with Crippen LogP contribution in [-0.4, -0.2) is 21.3 Å². The SMILES string of the molecule is COc1ccc(CNCc2cccc(OC)c2OCc2ccccc2)c(OC)c1. The summed E-state index contributed by atoms with van der Waals surface area (Å²) in [5, 5.41) is 3.46. The Morgan fingerprint density at radius 1 is 0.690 bits per heavy atom. The van der Waals surface area contributed by atoms with E-state index in [1.54, 1.807) is 21.3 Å². The molecule has 0 heterocycles. The molecule has 3 rings (SSSR count). The number of nitrogens with one attached hydrogen (secondary N) is 1. The Labute approximate surface area is 172 Å². The smallest absolute Gasteiger partial charge is 0.166 e. The molecule has 152 valence electrons. The highest BCUT2D eigenvalue weighted by Crippen LogP contribution is 2.32. The van der Waals surface area contributed by atoms with Crippen LogP contribution in [0.15, 0.2) is 66.7 Å². The summed E-state index contributed by atoms with van der Waals surface area (Å²) in [6.45, 7) is 1.78. The van der Waals surface area contributed by atoms with Gasteiger partial charge < -0.3 is 24.3 Å². The summed E-state index contributed by atoms with van der Waals surface area (Å²) in [6, 6.07) is 21.8. The highest BCUT2D eigenvalue weighted by atomic mass is 16.5. The van der Waals surface area contributed by atoms with E-state index in [1.807, 2.05) is 66.7 Å². The molecule has 0 amide bonds. The van der Waals surface area contributed by atoms with Crippen LogP contribution < -0.4 is 24.3 Å². The van der Waals surface area contributed by atoms with E-state index in [-0.39, 0.29) is 0 Å². The monoisotopic (exact) mass is 393 g/mol. The van der Waals surface area contributed by atoms with Crippen molar-refractivity contribution >= 4 is 0 Å². The third-order valence-corrected chi connectivity index (χ3v) is 4.63. The number of methoxy groups -OCH3 is 3. The van der Waals surface area contributed by atoms with Crippen LogP contribution in [0.25, 0.3) is 0 Å². The van der Waals surface area contributed by atoms with Crippen LogP contribution in [0, 0.1) is 0 Å². The molecule has 0 fully saturated rings. The minimum absolute atomic E-state index is 0.487. The van der Waals surface area contributed by atoms with Crippen LogP contribution in [0.4, 0.5) is 0 Å². The van der Waals surface area contributed by atoms with Gasteiger partial charge in [0.15, 0.2) is 11.5 Å². The molecule has 0 saturated carbocycles. The summed E-state index contributed by atoms with van der Waals surface area (Å²) < 4.78 is 22.4. The molecule has 3 aromatic rings. The maximum Gasteiger partial charge on any atom is 0.166 e. The molecule has 0 spiro atoms. The Morgan fingerprint density at radius 3 is 2.17 bits per heavy atom. The minimum atomic E-state index is 0.487. The number of rotatable bonds is 10. The maximum absolute atomic E-state index is 6.12. The minimum Gasteiger partial charge on any atom is -0.497 e. The van der Waals surface area contributed by atoms with Crippen molar-refractivity contribution in [1.29, 1.82) is 0 Å². The third kappa shape index (κ3) is 5.42. The Morgan fingerprint density at radius 2 is 1.45 bits per heavy atom. The summed E-state index contributed by atoms with van der Waals surface area (Å²) in [5.74, 6) is 3.05. The molecule has 29 heavy (non-hydrogen) atoms. The number of para-hydroxylation sites is 1. The highest BCUT2D eigenvalue weighted by molar-refractivity contribution is 5.47. The van der Waals surface area contributed by atoms with Gasteiger partial charge in [-0.1, -0.05) is 48.5 Å². The van der Waals surface area contributed by atoms with E-state index in [9.17, 15) is 0 Å². The van der Waals surface area contributed by atoms with Gasteiger partial charge in [0.1, 0.15) is 18.1 Å². The molecule has 0 aliphatic heterocycles. The average molecular weight is 393 g/mol. The second kappa shape index (κ2) is 10.4. The lowest BCUT2D eigenvalue weighted by atomic mass is 10.1. The second-order valence-corrected chi connectivity index (χ2v) is 6.50. The van der Waals surface area contributed by atoms with E-state index in [0.717, 1.165) is 39.7 Å². The fourth-order valence-electron chi connectivity index (χ4n) is 3.08. The van der Waals surface area contributed by atoms with E-state index in [1.165, 1.54) is 0 Å². The van der Waals surface area contributed by atoms with E-state index >= 15 is 0 Å². The van der Waals surface area contributed by atoms with Gasteiger partial charge in [0.25, 0.3) is 0 Å². The van der Waals surface area contributed by atoms with Gasteiger partial charge in [-0.25, -0.2) is 0 Å². The standard InChI is InChI=1S/C24H27NO4/c1-26-21-13-12-19(23(14-21)28-3)15-25-16-20-10-7-11-22(27-2)24(20)29-17-18-8-5-4-6-9-18/h4-14,25H,15-17H2,1-3H3. The quantitative estimate of drug-likeness (QED) is 0.546. The molecule has 1 N–H and O–H groups in total. The fraction of sp³-hybridized carbons (Fsp3) is 0.250. The van der Waals surface area contributed by atoms with Crippen LogP contribution in [0.5, 0.6) is 23.0 Å². The number of benzene rings is 3. The topological polar surface area (TPSA) is 49.0 Å². The lowest BCUT2D eigenvalue weighted by Crippen LogP contribution is -2.14. The maximum atomic E-state index is 6.12. The van der Waals surface area contributed by atoms with Gasteiger partial charge in [0.05, 0.1) is 21.3 Å². The van der Waals surface area contributed by atoms with Crippen LogP contribution in [0.1, 0.15) is 16.7 Å². The number of ether oxygens (including phenoxy) is 4. The molecule has 0 aromatic heterocycles. The number of hydrogen-bond donors (Lipinski definition) is 1. The first-order chi connectivity index (χ1) is 14.2. The molecule has 0 atom stereocenters. The highest BCUT2D eigenvalue weighted by Gasteiger charge is 2.12. The third-order valence-electron chi connectivity index (χ3n) is 4.63. The molecular weight excluding hydrogens is 366 g/mol. The van der Waals surface area contributed by atoms with Crippen molar-refractivity contribution in [2.45, 2.75) is 19.7 Å². The van der Waals surface area contributed by atoms with E-state index in [0.29, 0.717) is 19.7 Å². The molecule has 5 heteroatoms. The zero-order valence-electron chi connectivity index (χ0n) is 17.1. The molecule has 0 bridgehead atoms. The van der Waals surface area contributed by atoms with Gasteiger partial charge in [-0.3, -0.25) is 0 Å².